The first-order chi connectivity index (χ1) is 10.2. The molecule has 3 heteroatoms. The fourth-order valence-corrected chi connectivity index (χ4v) is 4.11. The highest BCUT2D eigenvalue weighted by atomic mass is 16.5. The maximum absolute atomic E-state index is 10.5. The average Bonchev–Trinajstić information content (AvgIpc) is 2.74. The number of ether oxygens (including phenoxy) is 1. The molecule has 1 N–H and O–H groups in total. The highest BCUT2D eigenvalue weighted by Crippen LogP contribution is 2.39. The van der Waals surface area contributed by atoms with Gasteiger partial charge in [0.05, 0.1) is 13.2 Å². The van der Waals surface area contributed by atoms with Gasteiger partial charge in [0.25, 0.3) is 0 Å². The van der Waals surface area contributed by atoms with E-state index in [1.165, 1.54) is 31.2 Å². The molecule has 3 unspecified atom stereocenters. The Bertz CT molecular complexity index is 445. The Morgan fingerprint density at radius 1 is 1.19 bits per heavy atom. The van der Waals surface area contributed by atoms with E-state index in [-0.39, 0.29) is 6.10 Å². The largest absolute Gasteiger partial charge is 0.497 e. The van der Waals surface area contributed by atoms with Crippen LogP contribution in [0.25, 0.3) is 0 Å². The standard InChI is InChI=1S/C18H27NO2/c1-19-15-6-7-16(19)12-14(11-15)18(20)10-5-13-3-8-17(21-2)9-4-13/h3-4,8-9,14-16,18,20H,5-7,10-12H2,1-2H3. The summed E-state index contributed by atoms with van der Waals surface area (Å²) in [7, 11) is 3.94. The van der Waals surface area contributed by atoms with Gasteiger partial charge in [-0.25, -0.2) is 0 Å². The number of fused-ring (bicyclic) bond motifs is 2. The first-order valence-corrected chi connectivity index (χ1v) is 8.20. The molecule has 0 saturated carbocycles. The van der Waals surface area contributed by atoms with Gasteiger partial charge >= 0.3 is 0 Å². The van der Waals surface area contributed by atoms with Gasteiger partial charge in [-0.2, -0.15) is 0 Å². The number of rotatable bonds is 5. The molecular weight excluding hydrogens is 262 g/mol. The molecule has 2 aliphatic heterocycles. The van der Waals surface area contributed by atoms with Crippen LogP contribution in [0.1, 0.15) is 37.7 Å². The third kappa shape index (κ3) is 3.24. The highest BCUT2D eigenvalue weighted by molar-refractivity contribution is 5.27. The first kappa shape index (κ1) is 14.9. The van der Waals surface area contributed by atoms with Crippen LogP contribution >= 0.6 is 0 Å². The third-order valence-corrected chi connectivity index (χ3v) is 5.57. The molecule has 0 amide bonds. The fourth-order valence-electron chi connectivity index (χ4n) is 4.11. The van der Waals surface area contributed by atoms with E-state index < -0.39 is 0 Å². The smallest absolute Gasteiger partial charge is 0.118 e. The van der Waals surface area contributed by atoms with Crippen LogP contribution in [0.2, 0.25) is 0 Å². The Hall–Kier alpha value is -1.06. The predicted molar refractivity (Wildman–Crippen MR) is 84.6 cm³/mol. The highest BCUT2D eigenvalue weighted by Gasteiger charge is 2.40. The van der Waals surface area contributed by atoms with Crippen molar-refractivity contribution in [2.45, 2.75) is 56.7 Å². The van der Waals surface area contributed by atoms with Gasteiger partial charge in [0.1, 0.15) is 5.75 Å². The van der Waals surface area contributed by atoms with E-state index in [1.807, 2.05) is 12.1 Å². The van der Waals surface area contributed by atoms with Crippen molar-refractivity contribution in [3.63, 3.8) is 0 Å². The van der Waals surface area contributed by atoms with Crippen LogP contribution in [-0.2, 0) is 6.42 Å². The molecule has 1 aromatic rings. The van der Waals surface area contributed by atoms with Gasteiger partial charge in [0, 0.05) is 12.1 Å². The number of benzene rings is 1. The van der Waals surface area contributed by atoms with Gasteiger partial charge in [-0.3, -0.25) is 0 Å². The van der Waals surface area contributed by atoms with E-state index in [9.17, 15) is 5.11 Å². The topological polar surface area (TPSA) is 32.7 Å². The lowest BCUT2D eigenvalue weighted by Crippen LogP contribution is -2.43. The zero-order valence-corrected chi connectivity index (χ0v) is 13.2. The normalized spacial score (nSPS) is 30.3. The Kier molecular flexibility index (Phi) is 4.51. The number of aryl methyl sites for hydroxylation is 1. The number of aliphatic hydroxyl groups excluding tert-OH is 1. The number of hydrogen-bond donors (Lipinski definition) is 1. The summed E-state index contributed by atoms with van der Waals surface area (Å²) in [5.74, 6) is 1.39. The van der Waals surface area contributed by atoms with Crippen LogP contribution in [0.5, 0.6) is 5.75 Å². The van der Waals surface area contributed by atoms with E-state index >= 15 is 0 Å². The van der Waals surface area contributed by atoms with Crippen LogP contribution < -0.4 is 4.74 Å². The molecule has 2 aliphatic rings. The maximum atomic E-state index is 10.5. The Morgan fingerprint density at radius 2 is 1.81 bits per heavy atom. The number of piperidine rings is 1. The molecule has 0 aliphatic carbocycles. The van der Waals surface area contributed by atoms with Crippen LogP contribution in [-0.4, -0.2) is 42.4 Å². The summed E-state index contributed by atoms with van der Waals surface area (Å²) in [5.41, 5.74) is 1.28. The van der Waals surface area contributed by atoms with E-state index in [4.69, 9.17) is 4.74 Å². The Morgan fingerprint density at radius 3 is 2.38 bits per heavy atom. The molecule has 3 atom stereocenters. The fraction of sp³-hybridized carbons (Fsp3) is 0.667. The molecule has 116 valence electrons. The monoisotopic (exact) mass is 289 g/mol. The van der Waals surface area contributed by atoms with Crippen molar-refractivity contribution in [1.29, 1.82) is 0 Å². The van der Waals surface area contributed by atoms with Crippen molar-refractivity contribution in [2.24, 2.45) is 5.92 Å². The van der Waals surface area contributed by atoms with E-state index in [1.54, 1.807) is 7.11 Å². The van der Waals surface area contributed by atoms with Gasteiger partial charge in [-0.05, 0) is 69.2 Å². The minimum Gasteiger partial charge on any atom is -0.497 e. The van der Waals surface area contributed by atoms with E-state index in [0.717, 1.165) is 18.6 Å². The molecule has 0 spiro atoms. The summed E-state index contributed by atoms with van der Waals surface area (Å²) < 4.78 is 5.18. The van der Waals surface area contributed by atoms with Crippen molar-refractivity contribution < 1.29 is 9.84 Å². The molecule has 2 bridgehead atoms. The number of aliphatic hydroxyl groups is 1. The molecule has 21 heavy (non-hydrogen) atoms. The van der Waals surface area contributed by atoms with Crippen molar-refractivity contribution in [1.82, 2.24) is 4.90 Å². The number of nitrogens with zero attached hydrogens (tertiary/aromatic N) is 1. The molecule has 0 aromatic heterocycles. The van der Waals surface area contributed by atoms with Crippen LogP contribution in [0, 0.1) is 5.92 Å². The molecule has 2 fully saturated rings. The summed E-state index contributed by atoms with van der Waals surface area (Å²) in [6.07, 6.45) is 6.68. The summed E-state index contributed by atoms with van der Waals surface area (Å²) in [4.78, 5) is 2.53. The second-order valence-electron chi connectivity index (χ2n) is 6.74. The molecule has 2 saturated heterocycles. The minimum absolute atomic E-state index is 0.149. The summed E-state index contributed by atoms with van der Waals surface area (Å²) >= 11 is 0. The first-order valence-electron chi connectivity index (χ1n) is 8.20. The second-order valence-corrected chi connectivity index (χ2v) is 6.74. The summed E-state index contributed by atoms with van der Waals surface area (Å²) in [6, 6.07) is 9.62. The van der Waals surface area contributed by atoms with Crippen LogP contribution in [0.15, 0.2) is 24.3 Å². The quantitative estimate of drug-likeness (QED) is 0.904. The summed E-state index contributed by atoms with van der Waals surface area (Å²) in [6.45, 7) is 0. The average molecular weight is 289 g/mol. The van der Waals surface area contributed by atoms with Gasteiger partial charge < -0.3 is 14.7 Å². The lowest BCUT2D eigenvalue weighted by atomic mass is 9.84. The lowest BCUT2D eigenvalue weighted by Gasteiger charge is -2.38. The molecule has 1 aromatic carbocycles. The molecule has 3 nitrogen and oxygen atoms in total. The van der Waals surface area contributed by atoms with Gasteiger partial charge in [-0.15, -0.1) is 0 Å². The van der Waals surface area contributed by atoms with Crippen LogP contribution in [0.3, 0.4) is 0 Å². The van der Waals surface area contributed by atoms with E-state index in [2.05, 4.69) is 24.1 Å². The second kappa shape index (κ2) is 6.37. The molecule has 0 radical (unpaired) electrons. The number of methoxy groups -OCH3 is 1. The molecular formula is C18H27NO2. The predicted octanol–water partition coefficient (Wildman–Crippen LogP) is 2.86. The van der Waals surface area contributed by atoms with Gasteiger partial charge in [-0.1, -0.05) is 12.1 Å². The van der Waals surface area contributed by atoms with E-state index in [0.29, 0.717) is 18.0 Å². The SMILES string of the molecule is COc1ccc(CCC(O)C2CC3CCC(C2)N3C)cc1. The lowest BCUT2D eigenvalue weighted by molar-refractivity contribution is 0.0320. The Labute approximate surface area is 127 Å². The van der Waals surface area contributed by atoms with Gasteiger partial charge in [0.15, 0.2) is 0 Å². The zero-order valence-electron chi connectivity index (χ0n) is 13.2. The van der Waals surface area contributed by atoms with Crippen LogP contribution in [0.4, 0.5) is 0 Å². The Balaban J connectivity index is 1.51. The van der Waals surface area contributed by atoms with Crippen molar-refractivity contribution in [3.8, 4) is 5.75 Å². The molecule has 2 heterocycles. The minimum atomic E-state index is -0.149. The number of hydrogen-bond acceptors (Lipinski definition) is 3. The van der Waals surface area contributed by atoms with Crippen molar-refractivity contribution in [3.05, 3.63) is 29.8 Å². The summed E-state index contributed by atoms with van der Waals surface area (Å²) in [5, 5.41) is 10.5. The third-order valence-electron chi connectivity index (χ3n) is 5.57. The molecule has 3 rings (SSSR count). The van der Waals surface area contributed by atoms with Crippen molar-refractivity contribution >= 4 is 0 Å². The van der Waals surface area contributed by atoms with Gasteiger partial charge in [0.2, 0.25) is 0 Å². The van der Waals surface area contributed by atoms with Crippen molar-refractivity contribution in [2.75, 3.05) is 14.2 Å². The zero-order chi connectivity index (χ0) is 14.8. The maximum Gasteiger partial charge on any atom is 0.118 e.